The molecule has 0 aliphatic heterocycles. The van der Waals surface area contributed by atoms with E-state index >= 15 is 0 Å². The second-order valence-electron chi connectivity index (χ2n) is 3.43. The van der Waals surface area contributed by atoms with Crippen LogP contribution in [0.2, 0.25) is 0 Å². The summed E-state index contributed by atoms with van der Waals surface area (Å²) in [5.41, 5.74) is 7.55. The number of fused-ring (bicyclic) bond motifs is 1. The Balaban J connectivity index is 2.36. The summed E-state index contributed by atoms with van der Waals surface area (Å²) < 4.78 is 0. The molecule has 0 radical (unpaired) electrons. The Morgan fingerprint density at radius 3 is 2.93 bits per heavy atom. The fourth-order valence-electron chi connectivity index (χ4n) is 1.62. The minimum absolute atomic E-state index is 0.331. The second-order valence-corrected chi connectivity index (χ2v) is 3.43. The number of rotatable bonds is 3. The van der Waals surface area contributed by atoms with Crippen molar-refractivity contribution in [2.75, 3.05) is 6.54 Å². The highest BCUT2D eigenvalue weighted by molar-refractivity contribution is 5.86. The van der Waals surface area contributed by atoms with Crippen molar-refractivity contribution in [1.82, 2.24) is 4.98 Å². The van der Waals surface area contributed by atoms with E-state index in [2.05, 4.69) is 4.98 Å². The molecule has 0 spiro atoms. The van der Waals surface area contributed by atoms with Gasteiger partial charge in [-0.15, -0.1) is 0 Å². The van der Waals surface area contributed by atoms with Gasteiger partial charge in [0.1, 0.15) is 5.75 Å². The topological polar surface area (TPSA) is 62.0 Å². The van der Waals surface area contributed by atoms with Gasteiger partial charge in [-0.2, -0.15) is 0 Å². The number of benzene rings is 1. The average molecular weight is 190 g/mol. The number of aryl methyl sites for hydroxylation is 1. The van der Waals surface area contributed by atoms with Crippen LogP contribution < -0.4 is 5.73 Å². The lowest BCUT2D eigenvalue weighted by atomic mass is 10.2. The van der Waals surface area contributed by atoms with E-state index in [9.17, 15) is 5.11 Å². The Bertz CT molecular complexity index is 434. The zero-order valence-corrected chi connectivity index (χ0v) is 7.96. The van der Waals surface area contributed by atoms with Gasteiger partial charge in [0.25, 0.3) is 0 Å². The molecule has 4 N–H and O–H groups in total. The highest BCUT2D eigenvalue weighted by Crippen LogP contribution is 2.25. The molecule has 0 saturated heterocycles. The van der Waals surface area contributed by atoms with Crippen LogP contribution >= 0.6 is 0 Å². The molecule has 3 heteroatoms. The van der Waals surface area contributed by atoms with Gasteiger partial charge in [-0.05, 0) is 37.6 Å². The molecule has 1 heterocycles. The van der Waals surface area contributed by atoms with Gasteiger partial charge >= 0.3 is 0 Å². The van der Waals surface area contributed by atoms with Crippen molar-refractivity contribution in [3.63, 3.8) is 0 Å². The summed E-state index contributed by atoms with van der Waals surface area (Å²) in [4.78, 5) is 3.26. The van der Waals surface area contributed by atoms with Crippen molar-refractivity contribution in [3.8, 4) is 5.75 Å². The zero-order chi connectivity index (χ0) is 9.97. The van der Waals surface area contributed by atoms with Gasteiger partial charge in [0.15, 0.2) is 0 Å². The van der Waals surface area contributed by atoms with Gasteiger partial charge in [-0.1, -0.05) is 6.07 Å². The third kappa shape index (κ3) is 1.59. The van der Waals surface area contributed by atoms with Crippen LogP contribution in [0.5, 0.6) is 5.75 Å². The lowest BCUT2D eigenvalue weighted by molar-refractivity contribution is 0.481. The number of aromatic amines is 1. The van der Waals surface area contributed by atoms with E-state index < -0.39 is 0 Å². The van der Waals surface area contributed by atoms with Gasteiger partial charge in [-0.3, -0.25) is 0 Å². The highest BCUT2D eigenvalue weighted by atomic mass is 16.3. The predicted octanol–water partition coefficient (Wildman–Crippen LogP) is 1.76. The molecule has 14 heavy (non-hydrogen) atoms. The number of aromatic hydroxyl groups is 1. The lowest BCUT2D eigenvalue weighted by Gasteiger charge is -1.92. The van der Waals surface area contributed by atoms with Crippen molar-refractivity contribution in [2.24, 2.45) is 5.73 Å². The number of phenols is 1. The number of nitrogens with two attached hydrogens (primary N) is 1. The molecule has 0 aliphatic carbocycles. The molecule has 0 atom stereocenters. The predicted molar refractivity (Wildman–Crippen MR) is 57.3 cm³/mol. The Morgan fingerprint density at radius 2 is 2.21 bits per heavy atom. The molecule has 2 rings (SSSR count). The molecule has 0 saturated carbocycles. The lowest BCUT2D eigenvalue weighted by Crippen LogP contribution is -2.00. The van der Waals surface area contributed by atoms with Gasteiger partial charge in [0, 0.05) is 16.6 Å². The summed E-state index contributed by atoms with van der Waals surface area (Å²) in [7, 11) is 0. The molecule has 74 valence electrons. The first-order chi connectivity index (χ1) is 6.81. The number of hydrogen-bond donors (Lipinski definition) is 3. The van der Waals surface area contributed by atoms with E-state index in [1.165, 1.54) is 0 Å². The molecule has 1 aromatic heterocycles. The minimum atomic E-state index is 0.331. The van der Waals surface area contributed by atoms with Crippen molar-refractivity contribution in [3.05, 3.63) is 30.0 Å². The molecule has 0 bridgehead atoms. The first-order valence-corrected chi connectivity index (χ1v) is 4.81. The van der Waals surface area contributed by atoms with Crippen LogP contribution in [0.1, 0.15) is 12.1 Å². The van der Waals surface area contributed by atoms with Crippen LogP contribution in [-0.4, -0.2) is 16.6 Å². The highest BCUT2D eigenvalue weighted by Gasteiger charge is 2.03. The molecule has 1 aromatic carbocycles. The summed E-state index contributed by atoms with van der Waals surface area (Å²) in [6.07, 6.45) is 1.90. The summed E-state index contributed by atoms with van der Waals surface area (Å²) in [5.74, 6) is 0.331. The number of phenolic OH excluding ortho intramolecular Hbond substituents is 1. The molecule has 3 nitrogen and oxygen atoms in total. The van der Waals surface area contributed by atoms with Crippen LogP contribution in [0.15, 0.2) is 24.3 Å². The standard InChI is InChI=1S/C11H14N2O/c12-6-2-3-8-7-9-10(13-8)4-1-5-11(9)14/h1,4-5,7,13-14H,2-3,6,12H2. The van der Waals surface area contributed by atoms with Crippen LogP contribution in [0, 0.1) is 0 Å². The maximum absolute atomic E-state index is 9.57. The van der Waals surface area contributed by atoms with Gasteiger partial charge < -0.3 is 15.8 Å². The number of H-pyrrole nitrogens is 1. The molecule has 0 fully saturated rings. The smallest absolute Gasteiger partial charge is 0.124 e. The first-order valence-electron chi connectivity index (χ1n) is 4.81. The van der Waals surface area contributed by atoms with Crippen LogP contribution in [0.3, 0.4) is 0 Å². The monoisotopic (exact) mass is 190 g/mol. The maximum Gasteiger partial charge on any atom is 0.124 e. The summed E-state index contributed by atoms with van der Waals surface area (Å²) in [6, 6.07) is 7.48. The molecule has 0 amide bonds. The van der Waals surface area contributed by atoms with Crippen molar-refractivity contribution >= 4 is 10.9 Å². The third-order valence-electron chi connectivity index (χ3n) is 2.35. The SMILES string of the molecule is NCCCc1cc2c(O)cccc2[nH]1. The van der Waals surface area contributed by atoms with E-state index in [0.29, 0.717) is 12.3 Å². The third-order valence-corrected chi connectivity index (χ3v) is 2.35. The van der Waals surface area contributed by atoms with Crippen molar-refractivity contribution in [2.45, 2.75) is 12.8 Å². The van der Waals surface area contributed by atoms with E-state index in [4.69, 9.17) is 5.73 Å². The summed E-state index contributed by atoms with van der Waals surface area (Å²) >= 11 is 0. The molecular formula is C11H14N2O. The van der Waals surface area contributed by atoms with E-state index in [-0.39, 0.29) is 0 Å². The first kappa shape index (κ1) is 9.09. The average Bonchev–Trinajstić information content (AvgIpc) is 2.59. The maximum atomic E-state index is 9.57. The van der Waals surface area contributed by atoms with Crippen LogP contribution in [0.4, 0.5) is 0 Å². The van der Waals surface area contributed by atoms with Gasteiger partial charge in [-0.25, -0.2) is 0 Å². The summed E-state index contributed by atoms with van der Waals surface area (Å²) in [6.45, 7) is 0.696. The molecular weight excluding hydrogens is 176 g/mol. The van der Waals surface area contributed by atoms with Crippen LogP contribution in [-0.2, 0) is 6.42 Å². The number of nitrogens with one attached hydrogen (secondary N) is 1. The Hall–Kier alpha value is -1.48. The second kappa shape index (κ2) is 3.72. The quantitative estimate of drug-likeness (QED) is 0.690. The van der Waals surface area contributed by atoms with Crippen molar-refractivity contribution in [1.29, 1.82) is 0 Å². The van der Waals surface area contributed by atoms with Gasteiger partial charge in [0.05, 0.1) is 0 Å². The van der Waals surface area contributed by atoms with E-state index in [1.807, 2.05) is 18.2 Å². The molecule has 2 aromatic rings. The van der Waals surface area contributed by atoms with Crippen molar-refractivity contribution < 1.29 is 5.11 Å². The van der Waals surface area contributed by atoms with E-state index in [1.54, 1.807) is 6.07 Å². The van der Waals surface area contributed by atoms with Crippen LogP contribution in [0.25, 0.3) is 10.9 Å². The largest absolute Gasteiger partial charge is 0.507 e. The van der Waals surface area contributed by atoms with E-state index in [0.717, 1.165) is 29.4 Å². The minimum Gasteiger partial charge on any atom is -0.507 e. The van der Waals surface area contributed by atoms with Gasteiger partial charge in [0.2, 0.25) is 0 Å². The Kier molecular flexibility index (Phi) is 2.41. The molecule has 0 aliphatic rings. The summed E-state index contributed by atoms with van der Waals surface area (Å²) in [5, 5.41) is 10.5. The Labute approximate surface area is 82.6 Å². The molecule has 0 unspecified atom stereocenters. The fourth-order valence-corrected chi connectivity index (χ4v) is 1.62. The number of aromatic nitrogens is 1. The number of hydrogen-bond acceptors (Lipinski definition) is 2. The zero-order valence-electron chi connectivity index (χ0n) is 7.96. The fraction of sp³-hybridized carbons (Fsp3) is 0.273. The normalized spacial score (nSPS) is 10.9. The Morgan fingerprint density at radius 1 is 1.36 bits per heavy atom.